The molecule has 0 fully saturated rings. The van der Waals surface area contributed by atoms with Crippen LogP contribution in [0, 0.1) is 5.92 Å². The molecule has 23 heavy (non-hydrogen) atoms. The highest BCUT2D eigenvalue weighted by Crippen LogP contribution is 2.17. The molecule has 0 aliphatic heterocycles. The topological polar surface area (TPSA) is 80.7 Å². The van der Waals surface area contributed by atoms with Crippen LogP contribution in [0.5, 0.6) is 0 Å². The number of ether oxygens (including phenoxy) is 1. The van der Waals surface area contributed by atoms with Crippen molar-refractivity contribution >= 4 is 17.5 Å². The summed E-state index contributed by atoms with van der Waals surface area (Å²) < 4.78 is 5.32. The zero-order valence-corrected chi connectivity index (χ0v) is 14.8. The summed E-state index contributed by atoms with van der Waals surface area (Å²) in [4.78, 5) is 34.8. The number of hydrogen-bond donors (Lipinski definition) is 1. The molecule has 0 heterocycles. The van der Waals surface area contributed by atoms with Gasteiger partial charge in [0.15, 0.2) is 11.9 Å². The first-order chi connectivity index (χ1) is 10.9. The minimum Gasteiger partial charge on any atom is -0.479 e. The number of ketones is 2. The average Bonchev–Trinajstić information content (AvgIpc) is 2.48. The van der Waals surface area contributed by atoms with Crippen LogP contribution >= 0.6 is 0 Å². The Bertz CT molecular complexity index is 364. The highest BCUT2D eigenvalue weighted by atomic mass is 16.5. The SMILES string of the molecule is CCCCCC(CC(C)=O)C(=O)COC(CCCCC)C(=O)O. The second-order valence-electron chi connectivity index (χ2n) is 6.20. The summed E-state index contributed by atoms with van der Waals surface area (Å²) >= 11 is 0. The fraction of sp³-hybridized carbons (Fsp3) is 0.833. The molecule has 5 heteroatoms. The maximum absolute atomic E-state index is 12.3. The molecule has 0 aliphatic rings. The van der Waals surface area contributed by atoms with Crippen molar-refractivity contribution in [3.63, 3.8) is 0 Å². The lowest BCUT2D eigenvalue weighted by atomic mass is 9.92. The lowest BCUT2D eigenvalue weighted by Crippen LogP contribution is -2.29. The van der Waals surface area contributed by atoms with Gasteiger partial charge in [0, 0.05) is 12.3 Å². The zero-order chi connectivity index (χ0) is 17.7. The van der Waals surface area contributed by atoms with E-state index in [1.807, 2.05) is 6.92 Å². The fourth-order valence-electron chi connectivity index (χ4n) is 2.52. The number of rotatable bonds is 15. The van der Waals surface area contributed by atoms with Crippen LogP contribution in [0.3, 0.4) is 0 Å². The second kappa shape index (κ2) is 13.2. The van der Waals surface area contributed by atoms with Crippen molar-refractivity contribution in [2.75, 3.05) is 6.61 Å². The molecule has 1 N–H and O–H groups in total. The number of carbonyl (C=O) groups excluding carboxylic acids is 2. The van der Waals surface area contributed by atoms with E-state index >= 15 is 0 Å². The third-order valence-corrected chi connectivity index (χ3v) is 3.92. The van der Waals surface area contributed by atoms with E-state index < -0.39 is 12.1 Å². The molecule has 0 spiro atoms. The lowest BCUT2D eigenvalue weighted by Gasteiger charge is -2.17. The summed E-state index contributed by atoms with van der Waals surface area (Å²) in [5, 5.41) is 9.15. The van der Waals surface area contributed by atoms with Gasteiger partial charge in [0.2, 0.25) is 0 Å². The van der Waals surface area contributed by atoms with Crippen LogP contribution in [0.1, 0.15) is 78.6 Å². The van der Waals surface area contributed by atoms with Crippen molar-refractivity contribution in [3.8, 4) is 0 Å². The summed E-state index contributed by atoms with van der Waals surface area (Å²) in [6.45, 7) is 5.39. The van der Waals surface area contributed by atoms with Crippen LogP contribution < -0.4 is 0 Å². The Morgan fingerprint density at radius 2 is 1.52 bits per heavy atom. The normalized spacial score (nSPS) is 13.5. The number of carbonyl (C=O) groups is 3. The summed E-state index contributed by atoms with van der Waals surface area (Å²) in [5.41, 5.74) is 0. The highest BCUT2D eigenvalue weighted by molar-refractivity contribution is 5.88. The number of aliphatic carboxylic acids is 1. The molecule has 0 bridgehead atoms. The number of carboxylic acids is 1. The first kappa shape index (κ1) is 21.8. The van der Waals surface area contributed by atoms with Crippen molar-refractivity contribution < 1.29 is 24.2 Å². The third-order valence-electron chi connectivity index (χ3n) is 3.92. The van der Waals surface area contributed by atoms with E-state index in [1.54, 1.807) is 0 Å². The zero-order valence-electron chi connectivity index (χ0n) is 14.8. The maximum atomic E-state index is 12.3. The Morgan fingerprint density at radius 3 is 2.00 bits per heavy atom. The van der Waals surface area contributed by atoms with Gasteiger partial charge in [0.05, 0.1) is 0 Å². The third kappa shape index (κ3) is 11.0. The lowest BCUT2D eigenvalue weighted by molar-refractivity contribution is -0.153. The maximum Gasteiger partial charge on any atom is 0.332 e. The minimum absolute atomic E-state index is 0.0161. The molecule has 0 aliphatic carbocycles. The van der Waals surface area contributed by atoms with Crippen molar-refractivity contribution in [3.05, 3.63) is 0 Å². The van der Waals surface area contributed by atoms with Crippen LogP contribution in [0.2, 0.25) is 0 Å². The smallest absolute Gasteiger partial charge is 0.332 e. The first-order valence-electron chi connectivity index (χ1n) is 8.78. The Balaban J connectivity index is 4.44. The van der Waals surface area contributed by atoms with E-state index in [0.29, 0.717) is 12.8 Å². The molecule has 5 nitrogen and oxygen atoms in total. The minimum atomic E-state index is -1.02. The van der Waals surface area contributed by atoms with Gasteiger partial charge < -0.3 is 14.6 Å². The molecule has 0 radical (unpaired) electrons. The number of carboxylic acid groups (broad SMARTS) is 1. The van der Waals surface area contributed by atoms with E-state index in [9.17, 15) is 14.4 Å². The number of Topliss-reactive ketones (excluding diaryl/α,β-unsaturated/α-hetero) is 2. The van der Waals surface area contributed by atoms with E-state index in [0.717, 1.165) is 38.5 Å². The summed E-state index contributed by atoms with van der Waals surface area (Å²) in [5.74, 6) is -1.54. The summed E-state index contributed by atoms with van der Waals surface area (Å²) in [6.07, 6.45) is 6.08. The Labute approximate surface area is 139 Å². The van der Waals surface area contributed by atoms with Gasteiger partial charge in [-0.05, 0) is 19.8 Å². The largest absolute Gasteiger partial charge is 0.479 e. The van der Waals surface area contributed by atoms with E-state index in [4.69, 9.17) is 9.84 Å². The van der Waals surface area contributed by atoms with Gasteiger partial charge in [-0.2, -0.15) is 0 Å². The molecule has 0 aromatic rings. The predicted octanol–water partition coefficient (Wildman–Crippen LogP) is 3.78. The van der Waals surface area contributed by atoms with Crippen molar-refractivity contribution in [1.29, 1.82) is 0 Å². The van der Waals surface area contributed by atoms with Gasteiger partial charge in [0.25, 0.3) is 0 Å². The van der Waals surface area contributed by atoms with E-state index in [-0.39, 0.29) is 30.5 Å². The molecule has 134 valence electrons. The molecule has 2 atom stereocenters. The Kier molecular flexibility index (Phi) is 12.5. The van der Waals surface area contributed by atoms with Gasteiger partial charge in [0.1, 0.15) is 12.4 Å². The predicted molar refractivity (Wildman–Crippen MR) is 89.5 cm³/mol. The molecule has 0 rings (SSSR count). The highest BCUT2D eigenvalue weighted by Gasteiger charge is 2.23. The standard InChI is InChI=1S/C18H32O5/c1-4-6-8-10-15(12-14(3)19)16(20)13-23-17(18(21)22)11-9-7-5-2/h15,17H,4-13H2,1-3H3,(H,21,22). The van der Waals surface area contributed by atoms with Crippen molar-refractivity contribution in [2.24, 2.45) is 5.92 Å². The molecule has 2 unspecified atom stereocenters. The molecule has 0 saturated heterocycles. The van der Waals surface area contributed by atoms with Crippen LogP contribution in [0.15, 0.2) is 0 Å². The van der Waals surface area contributed by atoms with Crippen LogP contribution in [0.4, 0.5) is 0 Å². The summed E-state index contributed by atoms with van der Waals surface area (Å²) in [6, 6.07) is 0. The first-order valence-corrected chi connectivity index (χ1v) is 8.78. The van der Waals surface area contributed by atoms with Gasteiger partial charge >= 0.3 is 5.97 Å². The van der Waals surface area contributed by atoms with Gasteiger partial charge in [-0.3, -0.25) is 4.79 Å². The molecule has 0 aromatic carbocycles. The Hall–Kier alpha value is -1.23. The van der Waals surface area contributed by atoms with Crippen molar-refractivity contribution in [1.82, 2.24) is 0 Å². The molecule has 0 saturated carbocycles. The summed E-state index contributed by atoms with van der Waals surface area (Å²) in [7, 11) is 0. The van der Waals surface area contributed by atoms with Crippen LogP contribution in [-0.4, -0.2) is 35.4 Å². The van der Waals surface area contributed by atoms with Gasteiger partial charge in [-0.15, -0.1) is 0 Å². The van der Waals surface area contributed by atoms with E-state index in [2.05, 4.69) is 6.92 Å². The van der Waals surface area contributed by atoms with Gasteiger partial charge in [-0.1, -0.05) is 52.4 Å². The number of hydrogen-bond acceptors (Lipinski definition) is 4. The second-order valence-corrected chi connectivity index (χ2v) is 6.20. The molecular weight excluding hydrogens is 296 g/mol. The van der Waals surface area contributed by atoms with Gasteiger partial charge in [-0.25, -0.2) is 4.79 Å². The Morgan fingerprint density at radius 1 is 0.957 bits per heavy atom. The molecule has 0 amide bonds. The molecular formula is C18H32O5. The quantitative estimate of drug-likeness (QED) is 0.463. The van der Waals surface area contributed by atoms with E-state index in [1.165, 1.54) is 6.92 Å². The fourth-order valence-corrected chi connectivity index (χ4v) is 2.52. The van der Waals surface area contributed by atoms with Crippen LogP contribution in [0.25, 0.3) is 0 Å². The monoisotopic (exact) mass is 328 g/mol. The molecule has 0 aromatic heterocycles. The van der Waals surface area contributed by atoms with Crippen molar-refractivity contribution in [2.45, 2.75) is 84.7 Å². The van der Waals surface area contributed by atoms with Crippen LogP contribution in [-0.2, 0) is 19.1 Å². The average molecular weight is 328 g/mol. The number of unbranched alkanes of at least 4 members (excludes halogenated alkanes) is 4.